The zero-order valence-corrected chi connectivity index (χ0v) is 10.5. The maximum absolute atomic E-state index is 6.23. The van der Waals surface area contributed by atoms with E-state index >= 15 is 0 Å². The summed E-state index contributed by atoms with van der Waals surface area (Å²) in [5, 5.41) is 2.15. The van der Waals surface area contributed by atoms with Crippen molar-refractivity contribution in [3.8, 4) is 11.1 Å². The highest BCUT2D eigenvalue weighted by molar-refractivity contribution is 6.37. The van der Waals surface area contributed by atoms with Crippen molar-refractivity contribution in [1.82, 2.24) is 0 Å². The highest BCUT2D eigenvalue weighted by Crippen LogP contribution is 2.43. The lowest BCUT2D eigenvalue weighted by Gasteiger charge is -2.04. The second-order valence-corrected chi connectivity index (χ2v) is 5.18. The lowest BCUT2D eigenvalue weighted by atomic mass is 10.1. The molecule has 3 heteroatoms. The van der Waals surface area contributed by atoms with E-state index in [1.165, 1.54) is 16.7 Å². The van der Waals surface area contributed by atoms with Crippen LogP contribution in [-0.2, 0) is 6.42 Å². The van der Waals surface area contributed by atoms with E-state index in [4.69, 9.17) is 34.8 Å². The topological polar surface area (TPSA) is 0 Å². The molecule has 0 unspecified atom stereocenters. The molecule has 0 heterocycles. The van der Waals surface area contributed by atoms with Crippen LogP contribution in [0.4, 0.5) is 0 Å². The summed E-state index contributed by atoms with van der Waals surface area (Å²) in [4.78, 5) is 0. The summed E-state index contributed by atoms with van der Waals surface area (Å²) >= 11 is 18.2. The van der Waals surface area contributed by atoms with Crippen LogP contribution in [0, 0.1) is 0 Å². The van der Waals surface area contributed by atoms with E-state index in [1.54, 1.807) is 6.07 Å². The van der Waals surface area contributed by atoms with Gasteiger partial charge in [0.15, 0.2) is 0 Å². The summed E-state index contributed by atoms with van der Waals surface area (Å²) < 4.78 is 0. The summed E-state index contributed by atoms with van der Waals surface area (Å²) in [6.07, 6.45) is 0.853. The maximum atomic E-state index is 6.23. The van der Waals surface area contributed by atoms with Crippen LogP contribution >= 0.6 is 34.8 Å². The molecule has 0 N–H and O–H groups in total. The minimum Gasteiger partial charge on any atom is -0.0843 e. The zero-order chi connectivity index (χ0) is 11.3. The SMILES string of the molecule is Clc1ccc2c(c1)Cc1cc(Cl)cc(Cl)c1-2. The molecule has 16 heavy (non-hydrogen) atoms. The molecular weight excluding hydrogens is 263 g/mol. The van der Waals surface area contributed by atoms with Crippen LogP contribution in [0.3, 0.4) is 0 Å². The van der Waals surface area contributed by atoms with Crippen molar-refractivity contribution in [2.75, 3.05) is 0 Å². The van der Waals surface area contributed by atoms with Crippen molar-refractivity contribution in [2.45, 2.75) is 6.42 Å². The Hall–Kier alpha value is -0.690. The van der Waals surface area contributed by atoms with Gasteiger partial charge in [0.25, 0.3) is 0 Å². The Kier molecular flexibility index (Phi) is 2.39. The van der Waals surface area contributed by atoms with Crippen LogP contribution in [0.15, 0.2) is 30.3 Å². The molecule has 0 atom stereocenters. The van der Waals surface area contributed by atoms with Crippen molar-refractivity contribution in [2.24, 2.45) is 0 Å². The fourth-order valence-electron chi connectivity index (χ4n) is 2.23. The predicted octanol–water partition coefficient (Wildman–Crippen LogP) is 5.22. The molecule has 0 aliphatic heterocycles. The van der Waals surface area contributed by atoms with Gasteiger partial charge in [-0.25, -0.2) is 0 Å². The molecule has 0 aromatic heterocycles. The molecule has 3 rings (SSSR count). The Morgan fingerprint density at radius 2 is 1.56 bits per heavy atom. The first-order valence-corrected chi connectivity index (χ1v) is 6.05. The third-order valence-corrected chi connectivity index (χ3v) is 3.61. The van der Waals surface area contributed by atoms with E-state index in [2.05, 4.69) is 0 Å². The first-order chi connectivity index (χ1) is 7.65. The first-order valence-electron chi connectivity index (χ1n) is 4.92. The summed E-state index contributed by atoms with van der Waals surface area (Å²) in [7, 11) is 0. The fraction of sp³-hybridized carbons (Fsp3) is 0.0769. The number of hydrogen-bond donors (Lipinski definition) is 0. The Labute approximate surface area is 109 Å². The summed E-state index contributed by atoms with van der Waals surface area (Å²) in [5.74, 6) is 0. The van der Waals surface area contributed by atoms with Crippen LogP contribution in [0.2, 0.25) is 15.1 Å². The largest absolute Gasteiger partial charge is 0.0843 e. The molecule has 1 aliphatic rings. The Bertz CT molecular complexity index is 588. The molecule has 0 saturated heterocycles. The van der Waals surface area contributed by atoms with Gasteiger partial charge in [-0.2, -0.15) is 0 Å². The lowest BCUT2D eigenvalue weighted by molar-refractivity contribution is 1.26. The van der Waals surface area contributed by atoms with Gasteiger partial charge in [-0.1, -0.05) is 40.9 Å². The average Bonchev–Trinajstić information content (AvgIpc) is 2.54. The molecular formula is C13H7Cl3. The minimum absolute atomic E-state index is 0.683. The van der Waals surface area contributed by atoms with E-state index in [-0.39, 0.29) is 0 Å². The van der Waals surface area contributed by atoms with Gasteiger partial charge in [0.05, 0.1) is 5.02 Å². The Balaban J connectivity index is 2.29. The van der Waals surface area contributed by atoms with Crippen LogP contribution in [0.5, 0.6) is 0 Å². The van der Waals surface area contributed by atoms with Crippen LogP contribution in [0.1, 0.15) is 11.1 Å². The molecule has 0 spiro atoms. The van der Waals surface area contributed by atoms with Gasteiger partial charge in [-0.15, -0.1) is 0 Å². The number of halogens is 3. The van der Waals surface area contributed by atoms with Crippen molar-refractivity contribution >= 4 is 34.8 Å². The second-order valence-electron chi connectivity index (χ2n) is 3.90. The zero-order valence-electron chi connectivity index (χ0n) is 8.23. The first kappa shape index (κ1) is 10.5. The van der Waals surface area contributed by atoms with E-state index in [0.29, 0.717) is 10.0 Å². The fourth-order valence-corrected chi connectivity index (χ4v) is 3.06. The molecule has 0 nitrogen and oxygen atoms in total. The monoisotopic (exact) mass is 268 g/mol. The van der Waals surface area contributed by atoms with Crippen molar-refractivity contribution in [3.63, 3.8) is 0 Å². The number of rotatable bonds is 0. The second kappa shape index (κ2) is 3.66. The molecule has 1 aliphatic carbocycles. The highest BCUT2D eigenvalue weighted by Gasteiger charge is 2.21. The molecule has 0 saturated carbocycles. The van der Waals surface area contributed by atoms with Gasteiger partial charge in [-0.3, -0.25) is 0 Å². The maximum Gasteiger partial charge on any atom is 0.0502 e. The average molecular weight is 270 g/mol. The number of benzene rings is 2. The van der Waals surface area contributed by atoms with Gasteiger partial charge >= 0.3 is 0 Å². The minimum atomic E-state index is 0.683. The van der Waals surface area contributed by atoms with Crippen molar-refractivity contribution < 1.29 is 0 Å². The smallest absolute Gasteiger partial charge is 0.0502 e. The van der Waals surface area contributed by atoms with Crippen molar-refractivity contribution in [3.05, 3.63) is 56.5 Å². The molecule has 2 aromatic carbocycles. The van der Waals surface area contributed by atoms with E-state index in [0.717, 1.165) is 17.0 Å². The molecule has 0 amide bonds. The van der Waals surface area contributed by atoms with Gasteiger partial charge in [-0.05, 0) is 47.4 Å². The van der Waals surface area contributed by atoms with Crippen LogP contribution in [-0.4, -0.2) is 0 Å². The molecule has 80 valence electrons. The van der Waals surface area contributed by atoms with Crippen LogP contribution in [0.25, 0.3) is 11.1 Å². The molecule has 0 fully saturated rings. The molecule has 0 radical (unpaired) electrons. The van der Waals surface area contributed by atoms with Crippen molar-refractivity contribution in [1.29, 1.82) is 0 Å². The standard InChI is InChI=1S/C13H7Cl3/c14-9-1-2-11-7(4-9)3-8-5-10(15)6-12(16)13(8)11/h1-2,4-6H,3H2. The summed E-state index contributed by atoms with van der Waals surface area (Å²) in [5.41, 5.74) is 4.65. The summed E-state index contributed by atoms with van der Waals surface area (Å²) in [6, 6.07) is 9.65. The van der Waals surface area contributed by atoms with E-state index in [1.807, 2.05) is 24.3 Å². The third kappa shape index (κ3) is 1.53. The third-order valence-electron chi connectivity index (χ3n) is 2.85. The van der Waals surface area contributed by atoms with Crippen LogP contribution < -0.4 is 0 Å². The van der Waals surface area contributed by atoms with Gasteiger partial charge in [0.2, 0.25) is 0 Å². The predicted molar refractivity (Wildman–Crippen MR) is 69.7 cm³/mol. The van der Waals surface area contributed by atoms with E-state index in [9.17, 15) is 0 Å². The quantitative estimate of drug-likeness (QED) is 0.525. The normalized spacial score (nSPS) is 12.4. The molecule has 0 bridgehead atoms. The Morgan fingerprint density at radius 1 is 0.812 bits per heavy atom. The Morgan fingerprint density at radius 3 is 2.38 bits per heavy atom. The molecule has 2 aromatic rings. The summed E-state index contributed by atoms with van der Waals surface area (Å²) in [6.45, 7) is 0. The van der Waals surface area contributed by atoms with Gasteiger partial charge in [0, 0.05) is 15.6 Å². The number of fused-ring (bicyclic) bond motifs is 3. The van der Waals surface area contributed by atoms with E-state index < -0.39 is 0 Å². The highest BCUT2D eigenvalue weighted by atomic mass is 35.5. The lowest BCUT2D eigenvalue weighted by Crippen LogP contribution is -1.80. The van der Waals surface area contributed by atoms with Gasteiger partial charge in [0.1, 0.15) is 0 Å². The van der Waals surface area contributed by atoms with Gasteiger partial charge < -0.3 is 0 Å². The number of hydrogen-bond acceptors (Lipinski definition) is 0.